The lowest BCUT2D eigenvalue weighted by Gasteiger charge is -2.47. The van der Waals surface area contributed by atoms with Crippen LogP contribution in [0.2, 0.25) is 0 Å². The van der Waals surface area contributed by atoms with Gasteiger partial charge in [0, 0.05) is 24.7 Å². The molecule has 2 aromatic carbocycles. The number of hydrogen-bond acceptors (Lipinski definition) is 3. The van der Waals surface area contributed by atoms with Gasteiger partial charge in [0.1, 0.15) is 0 Å². The molecule has 2 heterocycles. The average molecular weight is 396 g/mol. The van der Waals surface area contributed by atoms with Crippen LogP contribution in [0.25, 0.3) is 0 Å². The molecule has 28 heavy (non-hydrogen) atoms. The second-order valence-electron chi connectivity index (χ2n) is 9.41. The highest BCUT2D eigenvalue weighted by atomic mass is 32.2. The largest absolute Gasteiger partial charge is 0.371 e. The third-order valence-electron chi connectivity index (χ3n) is 7.88. The highest BCUT2D eigenvalue weighted by Gasteiger charge is 2.52. The topological polar surface area (TPSA) is 37.4 Å². The van der Waals surface area contributed by atoms with Crippen LogP contribution >= 0.6 is 0 Å². The molecule has 0 amide bonds. The van der Waals surface area contributed by atoms with Gasteiger partial charge in [-0.2, -0.15) is 0 Å². The number of fused-ring (bicyclic) bond motifs is 5. The van der Waals surface area contributed by atoms with E-state index in [4.69, 9.17) is 0 Å². The number of likely N-dealkylation sites (N-methyl/N-ethyl adjacent to an activating group) is 1. The fourth-order valence-corrected chi connectivity index (χ4v) is 9.00. The van der Waals surface area contributed by atoms with Crippen LogP contribution in [-0.2, 0) is 15.3 Å². The van der Waals surface area contributed by atoms with Gasteiger partial charge < -0.3 is 4.90 Å². The van der Waals surface area contributed by atoms with Crippen molar-refractivity contribution < 1.29 is 8.42 Å². The van der Waals surface area contributed by atoms with Crippen molar-refractivity contribution in [1.82, 2.24) is 0 Å². The average Bonchev–Trinajstić information content (AvgIpc) is 2.91. The summed E-state index contributed by atoms with van der Waals surface area (Å²) in [5, 5.41) is -0.268. The predicted octanol–water partition coefficient (Wildman–Crippen LogP) is 4.91. The van der Waals surface area contributed by atoms with Gasteiger partial charge in [-0.15, -0.1) is 0 Å². The summed E-state index contributed by atoms with van der Waals surface area (Å²) >= 11 is 0. The smallest absolute Gasteiger partial charge is 0.181 e. The Morgan fingerprint density at radius 2 is 1.64 bits per heavy atom. The molecule has 2 aliphatic heterocycles. The van der Waals surface area contributed by atoms with Crippen molar-refractivity contribution in [2.75, 3.05) is 11.9 Å². The summed E-state index contributed by atoms with van der Waals surface area (Å²) in [6.07, 6.45) is 3.72. The van der Waals surface area contributed by atoms with Crippen LogP contribution in [0.1, 0.15) is 56.6 Å². The molecule has 5 rings (SSSR count). The van der Waals surface area contributed by atoms with Gasteiger partial charge in [-0.25, -0.2) is 8.42 Å². The van der Waals surface area contributed by atoms with Crippen molar-refractivity contribution in [3.05, 3.63) is 59.7 Å². The maximum Gasteiger partial charge on any atom is 0.181 e. The van der Waals surface area contributed by atoms with Gasteiger partial charge in [0.05, 0.1) is 10.1 Å². The summed E-state index contributed by atoms with van der Waals surface area (Å²) in [4.78, 5) is 2.97. The fourth-order valence-electron chi connectivity index (χ4n) is 6.41. The van der Waals surface area contributed by atoms with E-state index >= 15 is 0 Å². The molecule has 1 aliphatic carbocycles. The molecule has 4 unspecified atom stereocenters. The number of rotatable bonds is 0. The van der Waals surface area contributed by atoms with Gasteiger partial charge in [0.25, 0.3) is 0 Å². The number of para-hydroxylation sites is 1. The minimum atomic E-state index is -3.29. The molecule has 0 spiro atoms. The van der Waals surface area contributed by atoms with Crippen molar-refractivity contribution in [1.29, 1.82) is 0 Å². The van der Waals surface area contributed by atoms with E-state index in [1.54, 1.807) is 0 Å². The molecule has 4 atom stereocenters. The highest BCUT2D eigenvalue weighted by Crippen LogP contribution is 2.53. The molecule has 1 saturated carbocycles. The van der Waals surface area contributed by atoms with Gasteiger partial charge >= 0.3 is 0 Å². The first kappa shape index (κ1) is 18.2. The fraction of sp³-hybridized carbons (Fsp3) is 0.500. The van der Waals surface area contributed by atoms with E-state index in [-0.39, 0.29) is 16.6 Å². The van der Waals surface area contributed by atoms with Gasteiger partial charge in [-0.1, -0.05) is 50.2 Å². The normalized spacial score (nSPS) is 32.3. The molecular formula is C24H29NO2S. The predicted molar refractivity (Wildman–Crippen MR) is 114 cm³/mol. The van der Waals surface area contributed by atoms with E-state index in [1.165, 1.54) is 11.3 Å². The van der Waals surface area contributed by atoms with Gasteiger partial charge in [-0.05, 0) is 60.3 Å². The molecular weight excluding hydrogens is 366 g/mol. The Labute approximate surface area is 168 Å². The van der Waals surface area contributed by atoms with Crippen LogP contribution in [0.5, 0.6) is 0 Å². The van der Waals surface area contributed by atoms with Crippen molar-refractivity contribution in [3.8, 4) is 0 Å². The highest BCUT2D eigenvalue weighted by molar-refractivity contribution is 7.92. The van der Waals surface area contributed by atoms with E-state index in [0.717, 1.165) is 31.2 Å². The number of benzene rings is 2. The molecule has 2 aromatic rings. The Hall–Kier alpha value is -1.81. The molecule has 3 aliphatic rings. The van der Waals surface area contributed by atoms with Crippen molar-refractivity contribution in [2.45, 2.75) is 67.1 Å². The zero-order valence-electron chi connectivity index (χ0n) is 16.9. The Balaban J connectivity index is 1.58. The lowest BCUT2D eigenvalue weighted by atomic mass is 9.66. The summed E-state index contributed by atoms with van der Waals surface area (Å²) in [5.41, 5.74) is 3.67. The Morgan fingerprint density at radius 3 is 2.46 bits per heavy atom. The van der Waals surface area contributed by atoms with E-state index in [2.05, 4.69) is 50.1 Å². The minimum Gasteiger partial charge on any atom is -0.371 e. The molecule has 0 bridgehead atoms. The standard InChI is InChI=1S/C24H29NO2S/c1-24(2)18-9-5-7-11-22(18)28(26,27)23-15-14-21-17(12-13-19(23)24)16-8-4-6-10-20(16)25(21)3/h4-11,17,19,21,23H,12-15H2,1-3H3. The number of sulfone groups is 1. The number of nitrogens with zero attached hydrogens (tertiary/aromatic N) is 1. The first-order chi connectivity index (χ1) is 13.3. The molecule has 0 N–H and O–H groups in total. The zero-order valence-corrected chi connectivity index (χ0v) is 17.7. The van der Waals surface area contributed by atoms with Crippen LogP contribution in [-0.4, -0.2) is 26.8 Å². The Kier molecular flexibility index (Phi) is 3.97. The van der Waals surface area contributed by atoms with Crippen molar-refractivity contribution >= 4 is 15.5 Å². The quantitative estimate of drug-likeness (QED) is 0.636. The summed E-state index contributed by atoms with van der Waals surface area (Å²) in [5.74, 6) is 0.684. The van der Waals surface area contributed by atoms with Gasteiger partial charge in [0.15, 0.2) is 9.84 Å². The first-order valence-electron chi connectivity index (χ1n) is 10.5. The van der Waals surface area contributed by atoms with Crippen LogP contribution < -0.4 is 4.90 Å². The SMILES string of the molecule is CN1c2ccccc2C2CCC3C(CCC21)S(=O)(=O)c1ccccc1C3(C)C. The maximum absolute atomic E-state index is 13.6. The summed E-state index contributed by atoms with van der Waals surface area (Å²) in [7, 11) is -1.11. The third-order valence-corrected chi connectivity index (χ3v) is 10.2. The summed E-state index contributed by atoms with van der Waals surface area (Å²) < 4.78 is 27.1. The Bertz CT molecular complexity index is 1030. The van der Waals surface area contributed by atoms with Crippen LogP contribution in [0.4, 0.5) is 5.69 Å². The molecule has 0 radical (unpaired) electrons. The van der Waals surface area contributed by atoms with Crippen LogP contribution in [0, 0.1) is 5.92 Å². The van der Waals surface area contributed by atoms with Crippen molar-refractivity contribution in [3.63, 3.8) is 0 Å². The van der Waals surface area contributed by atoms with Crippen molar-refractivity contribution in [2.24, 2.45) is 5.92 Å². The number of hydrogen-bond donors (Lipinski definition) is 0. The number of anilines is 1. The third kappa shape index (κ3) is 2.36. The van der Waals surface area contributed by atoms with Crippen LogP contribution in [0.3, 0.4) is 0 Å². The van der Waals surface area contributed by atoms with Gasteiger partial charge in [-0.3, -0.25) is 0 Å². The van der Waals surface area contributed by atoms with Gasteiger partial charge in [0.2, 0.25) is 0 Å². The minimum absolute atomic E-state index is 0.122. The molecule has 1 fully saturated rings. The van der Waals surface area contributed by atoms with E-state index in [1.807, 2.05) is 24.3 Å². The molecule has 0 saturated heterocycles. The molecule has 0 aromatic heterocycles. The second kappa shape index (κ2) is 6.09. The van der Waals surface area contributed by atoms with Crippen LogP contribution in [0.15, 0.2) is 53.4 Å². The molecule has 3 nitrogen and oxygen atoms in total. The lowest BCUT2D eigenvalue weighted by molar-refractivity contribution is 0.228. The molecule has 148 valence electrons. The zero-order chi connectivity index (χ0) is 19.7. The second-order valence-corrected chi connectivity index (χ2v) is 11.5. The van der Waals surface area contributed by atoms with E-state index in [9.17, 15) is 8.42 Å². The summed E-state index contributed by atoms with van der Waals surface area (Å²) in [6, 6.07) is 16.8. The lowest BCUT2D eigenvalue weighted by Crippen LogP contribution is -2.49. The monoisotopic (exact) mass is 395 g/mol. The molecule has 4 heteroatoms. The summed E-state index contributed by atoms with van der Waals surface area (Å²) in [6.45, 7) is 4.51. The first-order valence-corrected chi connectivity index (χ1v) is 12.0. The van der Waals surface area contributed by atoms with E-state index < -0.39 is 9.84 Å². The van der Waals surface area contributed by atoms with E-state index in [0.29, 0.717) is 16.9 Å². The maximum atomic E-state index is 13.6. The Morgan fingerprint density at radius 1 is 0.929 bits per heavy atom.